The molecule has 0 saturated heterocycles. The van der Waals surface area contributed by atoms with Gasteiger partial charge in [0, 0.05) is 24.2 Å². The van der Waals surface area contributed by atoms with E-state index in [1.807, 2.05) is 0 Å². The first-order chi connectivity index (χ1) is 12.5. The van der Waals surface area contributed by atoms with Crippen LogP contribution in [0.15, 0.2) is 36.5 Å². The summed E-state index contributed by atoms with van der Waals surface area (Å²) in [6, 6.07) is 8.46. The zero-order valence-corrected chi connectivity index (χ0v) is 15.9. The van der Waals surface area contributed by atoms with Crippen LogP contribution in [0.25, 0.3) is 0 Å². The smallest absolute Gasteiger partial charge is 0.407 e. The molecule has 140 valence electrons. The Morgan fingerprint density at radius 2 is 2.08 bits per heavy atom. The molecule has 2 atom stereocenters. The predicted molar refractivity (Wildman–Crippen MR) is 100.0 cm³/mol. The number of aromatic nitrogens is 1. The number of rotatable bonds is 7. The summed E-state index contributed by atoms with van der Waals surface area (Å²) in [5.74, 6) is -0.214. The van der Waals surface area contributed by atoms with Gasteiger partial charge in [-0.1, -0.05) is 29.3 Å². The van der Waals surface area contributed by atoms with E-state index in [0.29, 0.717) is 27.1 Å². The topological polar surface area (TPSA) is 80.7 Å². The summed E-state index contributed by atoms with van der Waals surface area (Å²) >= 11 is 12.1. The van der Waals surface area contributed by atoms with Gasteiger partial charge in [0.2, 0.25) is 5.88 Å². The van der Waals surface area contributed by atoms with Gasteiger partial charge in [-0.25, -0.2) is 9.78 Å². The first-order valence-electron chi connectivity index (χ1n) is 8.00. The summed E-state index contributed by atoms with van der Waals surface area (Å²) in [5.41, 5.74) is 1.20. The largest absolute Gasteiger partial charge is 0.481 e. The number of pyridine rings is 1. The quantitative estimate of drug-likeness (QED) is 0.737. The van der Waals surface area contributed by atoms with Gasteiger partial charge in [-0.3, -0.25) is 0 Å². The van der Waals surface area contributed by atoms with E-state index < -0.39 is 18.1 Å². The molecule has 0 spiro atoms. The third kappa shape index (κ3) is 5.00. The van der Waals surface area contributed by atoms with Crippen LogP contribution >= 0.6 is 23.2 Å². The van der Waals surface area contributed by atoms with Gasteiger partial charge in [0.15, 0.2) is 0 Å². The molecule has 0 aliphatic carbocycles. The molecule has 0 bridgehead atoms. The number of amides is 1. The summed E-state index contributed by atoms with van der Waals surface area (Å²) in [6.45, 7) is 2.09. The number of hydrogen-bond acceptors (Lipinski definition) is 5. The molecule has 0 saturated carbocycles. The van der Waals surface area contributed by atoms with Crippen LogP contribution in [-0.2, 0) is 4.74 Å². The van der Waals surface area contributed by atoms with Crippen LogP contribution in [0, 0.1) is 0 Å². The zero-order chi connectivity index (χ0) is 19.1. The average molecular weight is 399 g/mol. The standard InChI is InChI=1S/C18H20Cl2N2O4/c1-3-26-18(24)22-10-13(11-6-7-14(19)15(20)9-11)16(23)12-5-4-8-21-17(12)25-2/h4-9,13,16,23H,3,10H2,1-2H3,(H,22,24). The number of benzene rings is 1. The first-order valence-corrected chi connectivity index (χ1v) is 8.76. The van der Waals surface area contributed by atoms with Gasteiger partial charge < -0.3 is 19.9 Å². The van der Waals surface area contributed by atoms with E-state index in [-0.39, 0.29) is 13.2 Å². The Morgan fingerprint density at radius 1 is 1.31 bits per heavy atom. The number of carbonyl (C=O) groups is 1. The highest BCUT2D eigenvalue weighted by molar-refractivity contribution is 6.42. The maximum absolute atomic E-state index is 11.7. The number of aliphatic hydroxyl groups is 1. The van der Waals surface area contributed by atoms with Crippen molar-refractivity contribution >= 4 is 29.3 Å². The number of aliphatic hydroxyl groups excluding tert-OH is 1. The second kappa shape index (κ2) is 9.62. The molecule has 0 aliphatic heterocycles. The number of methoxy groups -OCH3 is 1. The molecule has 2 unspecified atom stereocenters. The van der Waals surface area contributed by atoms with Gasteiger partial charge in [-0.05, 0) is 36.8 Å². The minimum atomic E-state index is -1.00. The minimum absolute atomic E-state index is 0.121. The Balaban J connectivity index is 2.35. The number of carbonyl (C=O) groups excluding carboxylic acids is 1. The van der Waals surface area contributed by atoms with E-state index in [9.17, 15) is 9.90 Å². The number of nitrogens with zero attached hydrogens (tertiary/aromatic N) is 1. The van der Waals surface area contributed by atoms with Crippen molar-refractivity contribution in [2.24, 2.45) is 0 Å². The third-order valence-electron chi connectivity index (χ3n) is 3.81. The molecule has 1 amide bonds. The van der Waals surface area contributed by atoms with E-state index in [2.05, 4.69) is 10.3 Å². The second-order valence-corrected chi connectivity index (χ2v) is 6.24. The maximum atomic E-state index is 11.7. The van der Waals surface area contributed by atoms with Crippen LogP contribution < -0.4 is 10.1 Å². The number of nitrogens with one attached hydrogen (secondary N) is 1. The highest BCUT2D eigenvalue weighted by atomic mass is 35.5. The second-order valence-electron chi connectivity index (χ2n) is 5.43. The molecule has 2 N–H and O–H groups in total. The van der Waals surface area contributed by atoms with E-state index >= 15 is 0 Å². The lowest BCUT2D eigenvalue weighted by atomic mass is 9.89. The predicted octanol–water partition coefficient (Wildman–Crippen LogP) is 3.96. The molecule has 8 heteroatoms. The normalized spacial score (nSPS) is 13.0. The van der Waals surface area contributed by atoms with Crippen molar-refractivity contribution < 1.29 is 19.4 Å². The van der Waals surface area contributed by atoms with E-state index in [0.717, 1.165) is 0 Å². The lowest BCUT2D eigenvalue weighted by Crippen LogP contribution is -2.31. The number of ether oxygens (including phenoxy) is 2. The molecule has 1 heterocycles. The summed E-state index contributed by atoms with van der Waals surface area (Å²) in [6.07, 6.45) is 0.000759. The van der Waals surface area contributed by atoms with Crippen LogP contribution in [0.5, 0.6) is 5.88 Å². The molecular formula is C18H20Cl2N2O4. The van der Waals surface area contributed by atoms with Crippen molar-refractivity contribution in [1.29, 1.82) is 0 Å². The Morgan fingerprint density at radius 3 is 2.73 bits per heavy atom. The number of halogens is 2. The lowest BCUT2D eigenvalue weighted by molar-refractivity contribution is 0.129. The fraction of sp³-hybridized carbons (Fsp3) is 0.333. The third-order valence-corrected chi connectivity index (χ3v) is 4.55. The van der Waals surface area contributed by atoms with Crippen LogP contribution in [0.2, 0.25) is 10.0 Å². The van der Waals surface area contributed by atoms with E-state index in [1.54, 1.807) is 43.5 Å². The summed E-state index contributed by atoms with van der Waals surface area (Å²) in [5, 5.41) is 14.4. The van der Waals surface area contributed by atoms with Gasteiger partial charge in [-0.15, -0.1) is 0 Å². The molecule has 0 radical (unpaired) electrons. The molecule has 2 aromatic rings. The number of hydrogen-bond donors (Lipinski definition) is 2. The molecule has 0 aliphatic rings. The highest BCUT2D eigenvalue weighted by Crippen LogP contribution is 2.36. The van der Waals surface area contributed by atoms with Crippen LogP contribution in [-0.4, -0.2) is 36.4 Å². The molecule has 6 nitrogen and oxygen atoms in total. The van der Waals surface area contributed by atoms with Crippen molar-refractivity contribution in [1.82, 2.24) is 10.3 Å². The average Bonchev–Trinajstić information content (AvgIpc) is 2.64. The van der Waals surface area contributed by atoms with Crippen LogP contribution in [0.1, 0.15) is 30.1 Å². The molecule has 1 aromatic heterocycles. The van der Waals surface area contributed by atoms with E-state index in [1.165, 1.54) is 7.11 Å². The fourth-order valence-electron chi connectivity index (χ4n) is 2.55. The SMILES string of the molecule is CCOC(=O)NCC(c1ccc(Cl)c(Cl)c1)C(O)c1cccnc1OC. The van der Waals surface area contributed by atoms with Crippen LogP contribution in [0.4, 0.5) is 4.79 Å². The molecule has 26 heavy (non-hydrogen) atoms. The Hall–Kier alpha value is -2.02. The Kier molecular flexibility index (Phi) is 7.50. The Labute approximate surface area is 162 Å². The molecular weight excluding hydrogens is 379 g/mol. The lowest BCUT2D eigenvalue weighted by Gasteiger charge is -2.25. The maximum Gasteiger partial charge on any atom is 0.407 e. The van der Waals surface area contributed by atoms with Gasteiger partial charge in [-0.2, -0.15) is 0 Å². The zero-order valence-electron chi connectivity index (χ0n) is 14.4. The molecule has 0 fully saturated rings. The highest BCUT2D eigenvalue weighted by Gasteiger charge is 2.27. The monoisotopic (exact) mass is 398 g/mol. The summed E-state index contributed by atoms with van der Waals surface area (Å²) in [7, 11) is 1.48. The fourth-order valence-corrected chi connectivity index (χ4v) is 2.85. The molecule has 2 rings (SSSR count). The Bertz CT molecular complexity index is 758. The van der Waals surface area contributed by atoms with Gasteiger partial charge in [0.25, 0.3) is 0 Å². The van der Waals surface area contributed by atoms with Gasteiger partial charge in [0.1, 0.15) is 0 Å². The van der Waals surface area contributed by atoms with Crippen molar-refractivity contribution in [3.05, 3.63) is 57.7 Å². The minimum Gasteiger partial charge on any atom is -0.481 e. The molecule has 1 aromatic carbocycles. The summed E-state index contributed by atoms with van der Waals surface area (Å²) in [4.78, 5) is 15.8. The number of alkyl carbamates (subject to hydrolysis) is 1. The van der Waals surface area contributed by atoms with Gasteiger partial charge >= 0.3 is 6.09 Å². The van der Waals surface area contributed by atoms with Crippen molar-refractivity contribution in [3.63, 3.8) is 0 Å². The van der Waals surface area contributed by atoms with E-state index in [4.69, 9.17) is 32.7 Å². The summed E-state index contributed by atoms with van der Waals surface area (Å²) < 4.78 is 10.1. The van der Waals surface area contributed by atoms with Crippen molar-refractivity contribution in [2.75, 3.05) is 20.3 Å². The van der Waals surface area contributed by atoms with Crippen LogP contribution in [0.3, 0.4) is 0 Å². The van der Waals surface area contributed by atoms with Crippen molar-refractivity contribution in [3.8, 4) is 5.88 Å². The van der Waals surface area contributed by atoms with Gasteiger partial charge in [0.05, 0.1) is 29.9 Å². The first kappa shape index (κ1) is 20.3. The van der Waals surface area contributed by atoms with Crippen molar-refractivity contribution in [2.45, 2.75) is 18.9 Å².